The van der Waals surface area contributed by atoms with Crippen LogP contribution in [0.3, 0.4) is 0 Å². The molecular formula is C43H25N3OS. The summed E-state index contributed by atoms with van der Waals surface area (Å²) in [5, 5.41) is 2.08. The molecule has 3 aromatic heterocycles. The SMILES string of the molecule is [2H]c1c([2H])c(-c2nc(-c3ccccc3)nc(-c3ccc4c(c3)oc3ccc(-c5ccccc5)cc34)n2)c2c(sc3c4c([2H])c([2H])c([2H])c([2H])c4c([2H])c([2H])c32)c1[2H]. The van der Waals surface area contributed by atoms with E-state index in [1.807, 2.05) is 78.9 Å². The van der Waals surface area contributed by atoms with E-state index in [2.05, 4.69) is 18.2 Å². The van der Waals surface area contributed by atoms with Gasteiger partial charge in [-0.1, -0.05) is 121 Å². The number of rotatable bonds is 4. The lowest BCUT2D eigenvalue weighted by Crippen LogP contribution is -2.00. The molecule has 10 aromatic rings. The summed E-state index contributed by atoms with van der Waals surface area (Å²) in [6.45, 7) is 0. The number of aromatic nitrogens is 3. The average molecular weight is 641 g/mol. The van der Waals surface area contributed by atoms with E-state index in [1.165, 1.54) is 0 Å². The van der Waals surface area contributed by atoms with E-state index in [0.717, 1.165) is 33.2 Å². The van der Waals surface area contributed by atoms with E-state index in [9.17, 15) is 2.74 Å². The van der Waals surface area contributed by atoms with Crippen LogP contribution in [0.5, 0.6) is 0 Å². The first-order chi connectivity index (χ1) is 27.5. The maximum absolute atomic E-state index is 9.25. The van der Waals surface area contributed by atoms with E-state index >= 15 is 0 Å². The number of hydrogen-bond acceptors (Lipinski definition) is 5. The smallest absolute Gasteiger partial charge is 0.164 e. The Labute approximate surface area is 292 Å². The molecule has 0 aliphatic rings. The lowest BCUT2D eigenvalue weighted by atomic mass is 10.0. The summed E-state index contributed by atoms with van der Waals surface area (Å²) in [5.41, 5.74) is 4.74. The van der Waals surface area contributed by atoms with Gasteiger partial charge in [0.2, 0.25) is 0 Å². The molecule has 0 saturated heterocycles. The van der Waals surface area contributed by atoms with Crippen LogP contribution in [0.2, 0.25) is 0 Å². The molecule has 0 bridgehead atoms. The zero-order valence-corrected chi connectivity index (χ0v) is 25.7. The molecule has 0 spiro atoms. The Kier molecular flexibility index (Phi) is 4.34. The summed E-state index contributed by atoms with van der Waals surface area (Å²) < 4.78 is 86.0. The number of hydrogen-bond donors (Lipinski definition) is 0. The summed E-state index contributed by atoms with van der Waals surface area (Å²) in [5.74, 6) is 0.514. The summed E-state index contributed by atoms with van der Waals surface area (Å²) in [6, 6.07) is 27.4. The Morgan fingerprint density at radius 1 is 0.500 bits per heavy atom. The Bertz CT molecular complexity index is 3350. The highest BCUT2D eigenvalue weighted by Gasteiger charge is 2.19. The number of nitrogens with zero attached hydrogens (tertiary/aromatic N) is 3. The van der Waals surface area contributed by atoms with Gasteiger partial charge in [0.25, 0.3) is 0 Å². The van der Waals surface area contributed by atoms with E-state index in [4.69, 9.17) is 29.0 Å². The lowest BCUT2D eigenvalue weighted by molar-refractivity contribution is 0.669. The fourth-order valence-electron chi connectivity index (χ4n) is 6.19. The monoisotopic (exact) mass is 640 g/mol. The van der Waals surface area contributed by atoms with Gasteiger partial charge in [-0.2, -0.15) is 0 Å². The van der Waals surface area contributed by atoms with Crippen LogP contribution < -0.4 is 0 Å². The molecule has 0 fully saturated rings. The molecule has 0 aliphatic carbocycles. The van der Waals surface area contributed by atoms with Gasteiger partial charge in [0.1, 0.15) is 11.2 Å². The molecule has 224 valence electrons. The second-order valence-corrected chi connectivity index (χ2v) is 12.3. The van der Waals surface area contributed by atoms with Gasteiger partial charge < -0.3 is 4.42 Å². The van der Waals surface area contributed by atoms with Gasteiger partial charge in [-0.3, -0.25) is 0 Å². The van der Waals surface area contributed by atoms with E-state index < -0.39 is 30.2 Å². The minimum atomic E-state index is -0.520. The molecule has 0 atom stereocenters. The van der Waals surface area contributed by atoms with Gasteiger partial charge in [0.05, 0.1) is 12.3 Å². The molecule has 0 amide bonds. The topological polar surface area (TPSA) is 51.8 Å². The Morgan fingerprint density at radius 3 is 2.10 bits per heavy atom. The molecule has 4 nitrogen and oxygen atoms in total. The zero-order chi connectivity index (χ0) is 39.4. The fourth-order valence-corrected chi connectivity index (χ4v) is 7.32. The molecule has 10 rings (SSSR count). The van der Waals surface area contributed by atoms with Crippen molar-refractivity contribution in [2.24, 2.45) is 0 Å². The third-order valence-corrected chi connectivity index (χ3v) is 9.60. The van der Waals surface area contributed by atoms with Crippen LogP contribution >= 0.6 is 11.3 Å². The summed E-state index contributed by atoms with van der Waals surface area (Å²) in [7, 11) is 0. The van der Waals surface area contributed by atoms with Crippen LogP contribution in [-0.4, -0.2) is 15.0 Å². The maximum atomic E-state index is 9.25. The van der Waals surface area contributed by atoms with Crippen molar-refractivity contribution in [3.63, 3.8) is 0 Å². The Hall–Kier alpha value is -6.17. The predicted molar refractivity (Wildman–Crippen MR) is 199 cm³/mol. The van der Waals surface area contributed by atoms with Crippen LogP contribution in [0.15, 0.2) is 156 Å². The van der Waals surface area contributed by atoms with Crippen LogP contribution in [0.4, 0.5) is 0 Å². The maximum Gasteiger partial charge on any atom is 0.164 e. The lowest BCUT2D eigenvalue weighted by Gasteiger charge is -2.09. The van der Waals surface area contributed by atoms with Crippen molar-refractivity contribution in [2.45, 2.75) is 0 Å². The van der Waals surface area contributed by atoms with E-state index in [1.54, 1.807) is 0 Å². The highest BCUT2D eigenvalue weighted by molar-refractivity contribution is 7.26. The first kappa shape index (κ1) is 19.5. The summed E-state index contributed by atoms with van der Waals surface area (Å²) in [4.78, 5) is 14.6. The highest BCUT2D eigenvalue weighted by atomic mass is 32.1. The minimum Gasteiger partial charge on any atom is -0.456 e. The van der Waals surface area contributed by atoms with Gasteiger partial charge in [-0.05, 0) is 52.2 Å². The minimum absolute atomic E-state index is 0.000232. The number of fused-ring (bicyclic) bond motifs is 8. The van der Waals surface area contributed by atoms with Crippen LogP contribution in [0, 0.1) is 0 Å². The van der Waals surface area contributed by atoms with Crippen molar-refractivity contribution in [1.29, 1.82) is 0 Å². The summed E-state index contributed by atoms with van der Waals surface area (Å²) >= 11 is 0.988. The molecular weight excluding hydrogens is 607 g/mol. The first-order valence-electron chi connectivity index (χ1n) is 19.7. The van der Waals surface area contributed by atoms with Gasteiger partial charge >= 0.3 is 0 Å². The average Bonchev–Trinajstić information content (AvgIpc) is 3.81. The molecule has 0 unspecified atom stereocenters. The van der Waals surface area contributed by atoms with E-state index in [0.29, 0.717) is 22.3 Å². The molecule has 0 N–H and O–H groups in total. The Morgan fingerprint density at radius 2 is 1.25 bits per heavy atom. The molecule has 3 heterocycles. The van der Waals surface area contributed by atoms with Crippen molar-refractivity contribution in [2.75, 3.05) is 0 Å². The number of thiophene rings is 1. The molecule has 0 saturated carbocycles. The molecule has 48 heavy (non-hydrogen) atoms. The van der Waals surface area contributed by atoms with Crippen LogP contribution in [0.25, 0.3) is 98.2 Å². The van der Waals surface area contributed by atoms with Gasteiger partial charge in [0.15, 0.2) is 17.5 Å². The van der Waals surface area contributed by atoms with Gasteiger partial charge in [0, 0.05) is 47.6 Å². The predicted octanol–water partition coefficient (Wildman–Crippen LogP) is 12.0. The number of furan rings is 1. The third-order valence-electron chi connectivity index (χ3n) is 8.48. The molecule has 0 radical (unpaired) electrons. The second-order valence-electron chi connectivity index (χ2n) is 11.3. The second kappa shape index (κ2) is 10.7. The summed E-state index contributed by atoms with van der Waals surface area (Å²) in [6.07, 6.45) is 0. The van der Waals surface area contributed by atoms with Crippen molar-refractivity contribution < 1.29 is 16.8 Å². The van der Waals surface area contributed by atoms with Crippen LogP contribution in [-0.2, 0) is 0 Å². The molecule has 0 aliphatic heterocycles. The van der Waals surface area contributed by atoms with Crippen molar-refractivity contribution in [3.8, 4) is 45.3 Å². The Balaban J connectivity index is 1.25. The van der Waals surface area contributed by atoms with Gasteiger partial charge in [-0.15, -0.1) is 11.3 Å². The third kappa shape index (κ3) is 4.33. The normalized spacial score (nSPS) is 14.4. The standard InChI is InChI=1S/C43H25N3OS/c1-3-10-26(11-4-1)29-20-23-36-35(24-29)32-21-19-30(25-37(32)47-36)42-44-41(28-13-5-2-6-14-28)45-43(46-42)34-16-9-17-38-39(34)33-22-18-27-12-7-8-15-31(27)40(33)48-38/h1-25H/i7D,8D,9D,12D,15D,16D,17D,18D,22D. The van der Waals surface area contributed by atoms with Crippen molar-refractivity contribution in [1.82, 2.24) is 15.0 Å². The van der Waals surface area contributed by atoms with Crippen molar-refractivity contribution >= 4 is 64.2 Å². The van der Waals surface area contributed by atoms with Crippen LogP contribution in [0.1, 0.15) is 12.3 Å². The largest absolute Gasteiger partial charge is 0.456 e. The quantitative estimate of drug-likeness (QED) is 0.192. The zero-order valence-electron chi connectivity index (χ0n) is 33.9. The van der Waals surface area contributed by atoms with Gasteiger partial charge in [-0.25, -0.2) is 15.0 Å². The molecule has 5 heteroatoms. The first-order valence-corrected chi connectivity index (χ1v) is 16.0. The van der Waals surface area contributed by atoms with E-state index in [-0.39, 0.29) is 78.2 Å². The van der Waals surface area contributed by atoms with Crippen molar-refractivity contribution in [3.05, 3.63) is 151 Å². The number of benzene rings is 7. The fraction of sp³-hybridized carbons (Fsp3) is 0. The molecule has 7 aromatic carbocycles. The highest BCUT2D eigenvalue weighted by Crippen LogP contribution is 2.43.